The van der Waals surface area contributed by atoms with Crippen molar-refractivity contribution >= 4 is 0 Å². The first-order valence-electron chi connectivity index (χ1n) is 5.14. The minimum atomic E-state index is -3.04. The molecule has 17 heavy (non-hydrogen) atoms. The zero-order valence-electron chi connectivity index (χ0n) is 9.33. The molecule has 1 heterocycles. The van der Waals surface area contributed by atoms with Crippen molar-refractivity contribution in [1.29, 1.82) is 0 Å². The number of halogens is 2. The van der Waals surface area contributed by atoms with Crippen LogP contribution in [0.1, 0.15) is 12.0 Å². The lowest BCUT2D eigenvalue weighted by Gasteiger charge is -2.19. The number of benzene rings is 1. The Hall–Kier alpha value is -1.56. The fourth-order valence-corrected chi connectivity index (χ4v) is 1.69. The highest BCUT2D eigenvalue weighted by Gasteiger charge is 2.36. The summed E-state index contributed by atoms with van der Waals surface area (Å²) in [4.78, 5) is 0. The van der Waals surface area contributed by atoms with Crippen molar-refractivity contribution in [1.82, 2.24) is 0 Å². The summed E-state index contributed by atoms with van der Waals surface area (Å²) in [6.07, 6.45) is -0.441. The molecule has 2 N–H and O–H groups in total. The van der Waals surface area contributed by atoms with Crippen LogP contribution in [0.4, 0.5) is 8.78 Å². The second-order valence-electron chi connectivity index (χ2n) is 3.65. The smallest absolute Gasteiger partial charge is 0.278 e. The SMILES string of the molecule is COc1cc2c(cc1C(F)(F)CCN)OCO2. The first-order chi connectivity index (χ1) is 8.08. The average molecular weight is 245 g/mol. The van der Waals surface area contributed by atoms with Crippen LogP contribution in [0.5, 0.6) is 17.2 Å². The molecule has 0 amide bonds. The Morgan fingerprint density at radius 3 is 2.59 bits per heavy atom. The van der Waals surface area contributed by atoms with E-state index >= 15 is 0 Å². The third-order valence-electron chi connectivity index (χ3n) is 2.55. The standard InChI is InChI=1S/C11H13F2NO3/c1-15-8-5-10-9(16-6-17-10)4-7(8)11(12,13)2-3-14/h4-5H,2-3,6,14H2,1H3. The minimum Gasteiger partial charge on any atom is -0.496 e. The highest BCUT2D eigenvalue weighted by molar-refractivity contribution is 5.53. The largest absolute Gasteiger partial charge is 0.496 e. The Morgan fingerprint density at radius 2 is 2.00 bits per heavy atom. The summed E-state index contributed by atoms with van der Waals surface area (Å²) < 4.78 is 42.7. The molecule has 94 valence electrons. The molecule has 6 heteroatoms. The van der Waals surface area contributed by atoms with Gasteiger partial charge >= 0.3 is 0 Å². The predicted octanol–water partition coefficient (Wildman–Crippen LogP) is 1.86. The molecule has 4 nitrogen and oxygen atoms in total. The molecule has 1 aliphatic rings. The molecule has 0 saturated heterocycles. The van der Waals surface area contributed by atoms with E-state index in [0.717, 1.165) is 0 Å². The number of methoxy groups -OCH3 is 1. The molecule has 0 fully saturated rings. The van der Waals surface area contributed by atoms with E-state index in [9.17, 15) is 8.78 Å². The fourth-order valence-electron chi connectivity index (χ4n) is 1.69. The number of rotatable bonds is 4. The maximum absolute atomic E-state index is 13.8. The minimum absolute atomic E-state index is 0.0321. The number of hydrogen-bond acceptors (Lipinski definition) is 4. The molecule has 1 aliphatic heterocycles. The van der Waals surface area contributed by atoms with Gasteiger partial charge in [-0.15, -0.1) is 0 Å². The molecule has 0 saturated carbocycles. The summed E-state index contributed by atoms with van der Waals surface area (Å²) >= 11 is 0. The van der Waals surface area contributed by atoms with Crippen LogP contribution < -0.4 is 19.9 Å². The van der Waals surface area contributed by atoms with E-state index in [0.29, 0.717) is 11.5 Å². The van der Waals surface area contributed by atoms with Crippen LogP contribution in [0.2, 0.25) is 0 Å². The zero-order chi connectivity index (χ0) is 12.5. The number of hydrogen-bond donors (Lipinski definition) is 1. The van der Waals surface area contributed by atoms with Crippen molar-refractivity contribution < 1.29 is 23.0 Å². The van der Waals surface area contributed by atoms with Gasteiger partial charge in [0.15, 0.2) is 11.5 Å². The molecular weight excluding hydrogens is 232 g/mol. The quantitative estimate of drug-likeness (QED) is 0.879. The van der Waals surface area contributed by atoms with Crippen LogP contribution in [-0.2, 0) is 5.92 Å². The lowest BCUT2D eigenvalue weighted by atomic mass is 10.0. The molecule has 0 bridgehead atoms. The third-order valence-corrected chi connectivity index (χ3v) is 2.55. The van der Waals surface area contributed by atoms with Gasteiger partial charge in [-0.25, -0.2) is 8.78 Å². The summed E-state index contributed by atoms with van der Waals surface area (Å²) in [5.41, 5.74) is 4.95. The van der Waals surface area contributed by atoms with Crippen molar-refractivity contribution in [2.24, 2.45) is 5.73 Å². The van der Waals surface area contributed by atoms with Crippen LogP contribution in [0.15, 0.2) is 12.1 Å². The average Bonchev–Trinajstić information content (AvgIpc) is 2.74. The first kappa shape index (κ1) is 11.9. The molecule has 1 aromatic carbocycles. The zero-order valence-corrected chi connectivity index (χ0v) is 9.33. The normalized spacial score (nSPS) is 13.9. The van der Waals surface area contributed by atoms with Gasteiger partial charge in [0.2, 0.25) is 6.79 Å². The highest BCUT2D eigenvalue weighted by atomic mass is 19.3. The molecule has 0 radical (unpaired) electrons. The van der Waals surface area contributed by atoms with Crippen LogP contribution in [0.25, 0.3) is 0 Å². The van der Waals surface area contributed by atoms with Crippen LogP contribution in [0, 0.1) is 0 Å². The van der Waals surface area contributed by atoms with Gasteiger partial charge in [-0.2, -0.15) is 0 Å². The summed E-state index contributed by atoms with van der Waals surface area (Å²) in [7, 11) is 1.33. The van der Waals surface area contributed by atoms with Gasteiger partial charge in [-0.3, -0.25) is 0 Å². The van der Waals surface area contributed by atoms with Crippen molar-refractivity contribution in [3.05, 3.63) is 17.7 Å². The van der Waals surface area contributed by atoms with Gasteiger partial charge < -0.3 is 19.9 Å². The van der Waals surface area contributed by atoms with E-state index in [1.165, 1.54) is 19.2 Å². The van der Waals surface area contributed by atoms with E-state index in [2.05, 4.69) is 0 Å². The van der Waals surface area contributed by atoms with Gasteiger partial charge in [-0.05, 0) is 12.6 Å². The van der Waals surface area contributed by atoms with Gasteiger partial charge in [0.25, 0.3) is 5.92 Å². The number of fused-ring (bicyclic) bond motifs is 1. The van der Waals surface area contributed by atoms with Crippen LogP contribution in [0.3, 0.4) is 0 Å². The van der Waals surface area contributed by atoms with Gasteiger partial charge in [0, 0.05) is 12.5 Å². The highest BCUT2D eigenvalue weighted by Crippen LogP contribution is 2.45. The van der Waals surface area contributed by atoms with Crippen LogP contribution >= 0.6 is 0 Å². The second kappa shape index (κ2) is 4.37. The van der Waals surface area contributed by atoms with Crippen molar-refractivity contribution in [2.45, 2.75) is 12.3 Å². The van der Waals surface area contributed by atoms with Crippen molar-refractivity contribution in [2.75, 3.05) is 20.4 Å². The fraction of sp³-hybridized carbons (Fsp3) is 0.455. The maximum Gasteiger partial charge on any atom is 0.278 e. The Balaban J connectivity index is 2.45. The maximum atomic E-state index is 13.8. The first-order valence-corrected chi connectivity index (χ1v) is 5.14. The summed E-state index contributed by atoms with van der Waals surface area (Å²) in [6, 6.07) is 2.65. The van der Waals surface area contributed by atoms with Gasteiger partial charge in [-0.1, -0.05) is 0 Å². The molecule has 2 rings (SSSR count). The lowest BCUT2D eigenvalue weighted by molar-refractivity contribution is -0.0129. The molecule has 0 aliphatic carbocycles. The number of nitrogens with two attached hydrogens (primary N) is 1. The molecule has 0 aromatic heterocycles. The van der Waals surface area contributed by atoms with Crippen molar-refractivity contribution in [3.8, 4) is 17.2 Å². The molecule has 0 atom stereocenters. The van der Waals surface area contributed by atoms with E-state index in [4.69, 9.17) is 19.9 Å². The Labute approximate surface area is 97.3 Å². The van der Waals surface area contributed by atoms with E-state index < -0.39 is 12.3 Å². The molecule has 1 aromatic rings. The topological polar surface area (TPSA) is 53.7 Å². The monoisotopic (exact) mass is 245 g/mol. The third kappa shape index (κ3) is 2.12. The number of ether oxygens (including phenoxy) is 3. The van der Waals surface area contributed by atoms with Crippen LogP contribution in [-0.4, -0.2) is 20.4 Å². The number of alkyl halides is 2. The Bertz CT molecular complexity index is 423. The molecular formula is C11H13F2NO3. The second-order valence-corrected chi connectivity index (χ2v) is 3.65. The predicted molar refractivity (Wildman–Crippen MR) is 56.7 cm³/mol. The molecule has 0 spiro atoms. The Morgan fingerprint density at radius 1 is 1.35 bits per heavy atom. The summed E-state index contributed by atoms with van der Waals surface area (Å²) in [6.45, 7) is -0.0744. The lowest BCUT2D eigenvalue weighted by Crippen LogP contribution is -2.19. The Kier molecular flexibility index (Phi) is 3.06. The van der Waals surface area contributed by atoms with Gasteiger partial charge in [0.05, 0.1) is 12.7 Å². The molecule has 0 unspecified atom stereocenters. The van der Waals surface area contributed by atoms with Crippen molar-refractivity contribution in [3.63, 3.8) is 0 Å². The van der Waals surface area contributed by atoms with Gasteiger partial charge in [0.1, 0.15) is 5.75 Å². The van der Waals surface area contributed by atoms with E-state index in [-0.39, 0.29) is 24.7 Å². The summed E-state index contributed by atoms with van der Waals surface area (Å²) in [5, 5.41) is 0. The van der Waals surface area contributed by atoms with E-state index in [1.807, 2.05) is 0 Å². The van der Waals surface area contributed by atoms with E-state index in [1.54, 1.807) is 0 Å². The summed E-state index contributed by atoms with van der Waals surface area (Å²) in [5.74, 6) is -2.25.